The first kappa shape index (κ1) is 16.5. The lowest BCUT2D eigenvalue weighted by Gasteiger charge is -2.46. The fraction of sp³-hybridized carbons (Fsp3) is 0.824. The van der Waals surface area contributed by atoms with Gasteiger partial charge in [0.25, 0.3) is 0 Å². The van der Waals surface area contributed by atoms with E-state index in [1.165, 1.54) is 37.8 Å². The third kappa shape index (κ3) is 3.16. The molecular weight excluding hydrogens is 260 g/mol. The van der Waals surface area contributed by atoms with Gasteiger partial charge < -0.3 is 5.32 Å². The smallest absolute Gasteiger partial charge is 0.0678 e. The Hall–Kier alpha value is -0.870. The van der Waals surface area contributed by atoms with E-state index >= 15 is 0 Å². The van der Waals surface area contributed by atoms with Crippen molar-refractivity contribution in [3.05, 3.63) is 18.0 Å². The van der Waals surface area contributed by atoms with E-state index in [1.807, 2.05) is 6.20 Å². The molecule has 1 fully saturated rings. The summed E-state index contributed by atoms with van der Waals surface area (Å²) in [4.78, 5) is 2.68. The predicted molar refractivity (Wildman–Crippen MR) is 88.4 cm³/mol. The molecule has 0 spiro atoms. The van der Waals surface area contributed by atoms with E-state index in [4.69, 9.17) is 0 Å². The topological polar surface area (TPSA) is 33.1 Å². The van der Waals surface area contributed by atoms with Crippen LogP contribution in [-0.4, -0.2) is 39.9 Å². The second-order valence-electron chi connectivity index (χ2n) is 6.25. The van der Waals surface area contributed by atoms with Crippen LogP contribution in [0.25, 0.3) is 0 Å². The molecule has 0 aromatic carbocycles. The summed E-state index contributed by atoms with van der Waals surface area (Å²) < 4.78 is 2.05. The number of nitrogens with zero attached hydrogens (tertiary/aromatic N) is 3. The van der Waals surface area contributed by atoms with E-state index in [9.17, 15) is 0 Å². The Bertz CT molecular complexity index is 416. The molecular formula is C17H32N4. The van der Waals surface area contributed by atoms with E-state index in [0.717, 1.165) is 19.6 Å². The van der Waals surface area contributed by atoms with Gasteiger partial charge in [0, 0.05) is 18.8 Å². The molecule has 4 nitrogen and oxygen atoms in total. The zero-order chi connectivity index (χ0) is 15.3. The SMILES string of the molecule is CCCNC(c1ccnn1C)C1(N(CC)CC)CCCC1. The maximum Gasteiger partial charge on any atom is 0.0678 e. The van der Waals surface area contributed by atoms with Crippen LogP contribution in [0.1, 0.15) is 64.6 Å². The normalized spacial score (nSPS) is 19.3. The minimum Gasteiger partial charge on any atom is -0.307 e. The van der Waals surface area contributed by atoms with Gasteiger partial charge in [-0.1, -0.05) is 33.6 Å². The third-order valence-electron chi connectivity index (χ3n) is 5.15. The van der Waals surface area contributed by atoms with E-state index in [0.29, 0.717) is 6.04 Å². The van der Waals surface area contributed by atoms with Gasteiger partial charge in [0.1, 0.15) is 0 Å². The molecule has 21 heavy (non-hydrogen) atoms. The molecule has 1 aromatic heterocycles. The summed E-state index contributed by atoms with van der Waals surface area (Å²) in [6.45, 7) is 10.1. The van der Waals surface area contributed by atoms with Crippen molar-refractivity contribution in [1.82, 2.24) is 20.0 Å². The van der Waals surface area contributed by atoms with Gasteiger partial charge in [-0.05, 0) is 45.0 Å². The van der Waals surface area contributed by atoms with Crippen molar-refractivity contribution in [3.8, 4) is 0 Å². The predicted octanol–water partition coefficient (Wildman–Crippen LogP) is 3.12. The van der Waals surface area contributed by atoms with Crippen molar-refractivity contribution < 1.29 is 0 Å². The molecule has 0 radical (unpaired) electrons. The molecule has 0 saturated heterocycles. The van der Waals surface area contributed by atoms with Gasteiger partial charge in [-0.15, -0.1) is 0 Å². The largest absolute Gasteiger partial charge is 0.307 e. The van der Waals surface area contributed by atoms with Crippen LogP contribution >= 0.6 is 0 Å². The average molecular weight is 292 g/mol. The van der Waals surface area contributed by atoms with Crippen LogP contribution in [0.3, 0.4) is 0 Å². The summed E-state index contributed by atoms with van der Waals surface area (Å²) in [6, 6.07) is 2.57. The first-order valence-corrected chi connectivity index (χ1v) is 8.66. The highest BCUT2D eigenvalue weighted by Crippen LogP contribution is 2.44. The molecule has 120 valence electrons. The van der Waals surface area contributed by atoms with Gasteiger partial charge in [0.05, 0.1) is 11.7 Å². The third-order valence-corrected chi connectivity index (χ3v) is 5.15. The molecule has 1 aromatic rings. The van der Waals surface area contributed by atoms with Crippen molar-refractivity contribution in [1.29, 1.82) is 0 Å². The number of aryl methyl sites for hydroxylation is 1. The van der Waals surface area contributed by atoms with Gasteiger partial charge in [0.15, 0.2) is 0 Å². The van der Waals surface area contributed by atoms with E-state index in [-0.39, 0.29) is 5.54 Å². The number of likely N-dealkylation sites (N-methyl/N-ethyl adjacent to an activating group) is 1. The van der Waals surface area contributed by atoms with Crippen LogP contribution in [-0.2, 0) is 7.05 Å². The lowest BCUT2D eigenvalue weighted by Crippen LogP contribution is -2.55. The molecule has 4 heteroatoms. The first-order chi connectivity index (χ1) is 10.2. The number of hydrogen-bond acceptors (Lipinski definition) is 3. The van der Waals surface area contributed by atoms with Crippen LogP contribution in [0.2, 0.25) is 0 Å². The van der Waals surface area contributed by atoms with E-state index < -0.39 is 0 Å². The molecule has 0 amide bonds. The number of aromatic nitrogens is 2. The summed E-state index contributed by atoms with van der Waals surface area (Å²) >= 11 is 0. The average Bonchev–Trinajstić information content (AvgIpc) is 3.12. The molecule has 1 saturated carbocycles. The van der Waals surface area contributed by atoms with Crippen molar-refractivity contribution in [3.63, 3.8) is 0 Å². The van der Waals surface area contributed by atoms with Crippen LogP contribution in [0.5, 0.6) is 0 Å². The highest BCUT2D eigenvalue weighted by molar-refractivity contribution is 5.17. The minimum absolute atomic E-state index is 0.256. The summed E-state index contributed by atoms with van der Waals surface area (Å²) in [5.41, 5.74) is 1.59. The summed E-state index contributed by atoms with van der Waals surface area (Å²) in [6.07, 6.45) is 8.38. The van der Waals surface area contributed by atoms with Crippen LogP contribution in [0, 0.1) is 0 Å². The van der Waals surface area contributed by atoms with Crippen molar-refractivity contribution in [2.24, 2.45) is 7.05 Å². The molecule has 1 N–H and O–H groups in total. The van der Waals surface area contributed by atoms with Crippen LogP contribution in [0.4, 0.5) is 0 Å². The maximum absolute atomic E-state index is 4.42. The van der Waals surface area contributed by atoms with Crippen molar-refractivity contribution in [2.75, 3.05) is 19.6 Å². The number of hydrogen-bond donors (Lipinski definition) is 1. The fourth-order valence-electron chi connectivity index (χ4n) is 4.15. The number of nitrogens with one attached hydrogen (secondary N) is 1. The lowest BCUT2D eigenvalue weighted by molar-refractivity contribution is 0.0596. The Morgan fingerprint density at radius 2 is 1.95 bits per heavy atom. The second-order valence-corrected chi connectivity index (χ2v) is 6.25. The summed E-state index contributed by atoms with van der Waals surface area (Å²) in [7, 11) is 2.07. The van der Waals surface area contributed by atoms with Crippen molar-refractivity contribution >= 4 is 0 Å². The first-order valence-electron chi connectivity index (χ1n) is 8.66. The van der Waals surface area contributed by atoms with Crippen LogP contribution in [0.15, 0.2) is 12.3 Å². The molecule has 0 aliphatic heterocycles. The molecule has 1 heterocycles. The van der Waals surface area contributed by atoms with Gasteiger partial charge in [0.2, 0.25) is 0 Å². The highest BCUT2D eigenvalue weighted by Gasteiger charge is 2.46. The number of rotatable bonds is 8. The van der Waals surface area contributed by atoms with Gasteiger partial charge in [-0.3, -0.25) is 9.58 Å². The lowest BCUT2D eigenvalue weighted by atomic mass is 9.83. The summed E-state index contributed by atoms with van der Waals surface area (Å²) in [5.74, 6) is 0. The Morgan fingerprint density at radius 1 is 1.29 bits per heavy atom. The van der Waals surface area contributed by atoms with E-state index in [2.05, 4.69) is 53.9 Å². The molecule has 0 bridgehead atoms. The molecule has 1 aliphatic carbocycles. The highest BCUT2D eigenvalue weighted by atomic mass is 15.3. The van der Waals surface area contributed by atoms with Gasteiger partial charge in [-0.25, -0.2) is 0 Å². The standard InChI is InChI=1S/C17H32N4/c1-5-13-18-16(15-10-14-19-20(15)4)17(11-8-9-12-17)21(6-2)7-3/h10,14,16,18H,5-9,11-13H2,1-4H3. The zero-order valence-electron chi connectivity index (χ0n) is 14.2. The minimum atomic E-state index is 0.256. The van der Waals surface area contributed by atoms with Crippen LogP contribution < -0.4 is 5.32 Å². The van der Waals surface area contributed by atoms with E-state index in [1.54, 1.807) is 0 Å². The van der Waals surface area contributed by atoms with Gasteiger partial charge >= 0.3 is 0 Å². The quantitative estimate of drug-likeness (QED) is 0.799. The Kier molecular flexibility index (Phi) is 5.82. The molecule has 1 unspecified atom stereocenters. The Balaban J connectivity index is 2.38. The Labute approximate surface area is 129 Å². The van der Waals surface area contributed by atoms with Gasteiger partial charge in [-0.2, -0.15) is 5.10 Å². The summed E-state index contributed by atoms with van der Waals surface area (Å²) in [5, 5.41) is 8.26. The fourth-order valence-corrected chi connectivity index (χ4v) is 4.15. The molecule has 1 atom stereocenters. The van der Waals surface area contributed by atoms with Crippen molar-refractivity contribution in [2.45, 2.75) is 64.5 Å². The maximum atomic E-state index is 4.42. The second kappa shape index (κ2) is 7.41. The monoisotopic (exact) mass is 292 g/mol. The molecule has 1 aliphatic rings. The zero-order valence-corrected chi connectivity index (χ0v) is 14.2. The molecule has 2 rings (SSSR count). The Morgan fingerprint density at radius 3 is 2.43 bits per heavy atom.